The van der Waals surface area contributed by atoms with Gasteiger partial charge in [-0.25, -0.2) is 0 Å². The number of amides is 1. The zero-order valence-corrected chi connectivity index (χ0v) is 11.1. The van der Waals surface area contributed by atoms with Crippen LogP contribution in [0.2, 0.25) is 0 Å². The summed E-state index contributed by atoms with van der Waals surface area (Å²) in [5.74, 6) is 0.327. The molecule has 0 radical (unpaired) electrons. The summed E-state index contributed by atoms with van der Waals surface area (Å²) < 4.78 is 4.88. The zero-order valence-electron chi connectivity index (χ0n) is 11.1. The largest absolute Gasteiger partial charge is 0.466 e. The third-order valence-electron chi connectivity index (χ3n) is 2.75. The smallest absolute Gasteiger partial charge is 0.307 e. The van der Waals surface area contributed by atoms with E-state index in [1.54, 1.807) is 6.92 Å². The van der Waals surface area contributed by atoms with Gasteiger partial charge in [0, 0.05) is 19.0 Å². The Morgan fingerprint density at radius 3 is 2.47 bits per heavy atom. The van der Waals surface area contributed by atoms with Gasteiger partial charge in [0.1, 0.15) is 0 Å². The number of carbonyl (C=O) groups excluding carboxylic acids is 2. The van der Waals surface area contributed by atoms with Gasteiger partial charge < -0.3 is 9.64 Å². The van der Waals surface area contributed by atoms with Crippen LogP contribution in [-0.4, -0.2) is 36.0 Å². The molecule has 0 aliphatic heterocycles. The van der Waals surface area contributed by atoms with Gasteiger partial charge in [-0.05, 0) is 25.7 Å². The number of rotatable bonds is 7. The Kier molecular flexibility index (Phi) is 5.45. The highest BCUT2D eigenvalue weighted by Gasteiger charge is 2.32. The average Bonchev–Trinajstić information content (AvgIpc) is 3.01. The maximum absolute atomic E-state index is 12.0. The molecule has 4 nitrogen and oxygen atoms in total. The number of hydrogen-bond acceptors (Lipinski definition) is 3. The third-order valence-corrected chi connectivity index (χ3v) is 2.75. The van der Waals surface area contributed by atoms with Crippen molar-refractivity contribution in [2.45, 2.75) is 52.5 Å². The second-order valence-corrected chi connectivity index (χ2v) is 4.97. The van der Waals surface area contributed by atoms with Crippen LogP contribution in [0.5, 0.6) is 0 Å². The molecular formula is C13H23NO3. The lowest BCUT2D eigenvalue weighted by Gasteiger charge is -2.22. The molecule has 0 aromatic rings. The van der Waals surface area contributed by atoms with Crippen molar-refractivity contribution in [3.63, 3.8) is 0 Å². The Labute approximate surface area is 103 Å². The fourth-order valence-corrected chi connectivity index (χ4v) is 1.81. The first kappa shape index (κ1) is 14.0. The van der Waals surface area contributed by atoms with Crippen LogP contribution in [0.4, 0.5) is 0 Å². The van der Waals surface area contributed by atoms with Crippen molar-refractivity contribution in [3.8, 4) is 0 Å². The lowest BCUT2D eigenvalue weighted by Crippen LogP contribution is -2.35. The zero-order chi connectivity index (χ0) is 12.8. The number of hydrogen-bond donors (Lipinski definition) is 0. The highest BCUT2D eigenvalue weighted by Crippen LogP contribution is 2.28. The first-order valence-electron chi connectivity index (χ1n) is 6.49. The van der Waals surface area contributed by atoms with Crippen molar-refractivity contribution < 1.29 is 14.3 Å². The van der Waals surface area contributed by atoms with E-state index in [1.807, 2.05) is 18.7 Å². The van der Waals surface area contributed by atoms with Gasteiger partial charge in [-0.3, -0.25) is 9.59 Å². The molecule has 4 heteroatoms. The standard InChI is InChI=1S/C13H23NO3/c1-4-17-13(16)7-8-14(11-5-6-11)12(15)9-10(2)3/h10-11H,4-9H2,1-3H3. The molecule has 0 aromatic heterocycles. The minimum Gasteiger partial charge on any atom is -0.466 e. The van der Waals surface area contributed by atoms with E-state index in [4.69, 9.17) is 4.74 Å². The topological polar surface area (TPSA) is 46.6 Å². The molecule has 0 aromatic carbocycles. The SMILES string of the molecule is CCOC(=O)CCN(C(=O)CC(C)C)C1CC1. The van der Waals surface area contributed by atoms with Crippen LogP contribution in [-0.2, 0) is 14.3 Å². The van der Waals surface area contributed by atoms with E-state index in [9.17, 15) is 9.59 Å². The molecule has 98 valence electrons. The van der Waals surface area contributed by atoms with E-state index in [0.717, 1.165) is 12.8 Å². The monoisotopic (exact) mass is 241 g/mol. The minimum atomic E-state index is -0.213. The first-order chi connectivity index (χ1) is 8.04. The average molecular weight is 241 g/mol. The summed E-state index contributed by atoms with van der Waals surface area (Å²) in [7, 11) is 0. The Hall–Kier alpha value is -1.06. The van der Waals surface area contributed by atoms with Crippen molar-refractivity contribution in [3.05, 3.63) is 0 Å². The molecule has 0 N–H and O–H groups in total. The molecule has 0 heterocycles. The van der Waals surface area contributed by atoms with Crippen LogP contribution in [0.3, 0.4) is 0 Å². The molecule has 0 unspecified atom stereocenters. The number of carbonyl (C=O) groups is 2. The predicted octanol–water partition coefficient (Wildman–Crippen LogP) is 1.98. The second-order valence-electron chi connectivity index (χ2n) is 4.97. The van der Waals surface area contributed by atoms with Crippen LogP contribution in [0, 0.1) is 5.92 Å². The van der Waals surface area contributed by atoms with E-state index in [0.29, 0.717) is 38.0 Å². The van der Waals surface area contributed by atoms with Crippen molar-refractivity contribution in [2.24, 2.45) is 5.92 Å². The normalized spacial score (nSPS) is 14.8. The van der Waals surface area contributed by atoms with Crippen LogP contribution >= 0.6 is 0 Å². The third kappa shape index (κ3) is 5.20. The number of ether oxygens (including phenoxy) is 1. The first-order valence-corrected chi connectivity index (χ1v) is 6.49. The number of nitrogens with zero attached hydrogens (tertiary/aromatic N) is 1. The Bertz CT molecular complexity index is 272. The van der Waals surface area contributed by atoms with Crippen molar-refractivity contribution in [1.82, 2.24) is 4.90 Å². The Morgan fingerprint density at radius 1 is 1.35 bits per heavy atom. The van der Waals surface area contributed by atoms with Crippen LogP contribution in [0.15, 0.2) is 0 Å². The summed E-state index contributed by atoms with van der Waals surface area (Å²) in [5.41, 5.74) is 0. The molecular weight excluding hydrogens is 218 g/mol. The fourth-order valence-electron chi connectivity index (χ4n) is 1.81. The van der Waals surface area contributed by atoms with Gasteiger partial charge in [-0.2, -0.15) is 0 Å². The summed E-state index contributed by atoms with van der Waals surface area (Å²) in [6, 6.07) is 0.371. The van der Waals surface area contributed by atoms with Gasteiger partial charge in [0.25, 0.3) is 0 Å². The van der Waals surface area contributed by atoms with E-state index in [1.165, 1.54) is 0 Å². The molecule has 1 aliphatic rings. The quantitative estimate of drug-likeness (QED) is 0.640. The van der Waals surface area contributed by atoms with E-state index < -0.39 is 0 Å². The van der Waals surface area contributed by atoms with Gasteiger partial charge in [0.15, 0.2) is 0 Å². The van der Waals surface area contributed by atoms with E-state index in [2.05, 4.69) is 0 Å². The number of esters is 1. The van der Waals surface area contributed by atoms with Gasteiger partial charge in [-0.15, -0.1) is 0 Å². The molecule has 1 aliphatic carbocycles. The fraction of sp³-hybridized carbons (Fsp3) is 0.846. The Balaban J connectivity index is 2.38. The highest BCUT2D eigenvalue weighted by molar-refractivity contribution is 5.78. The van der Waals surface area contributed by atoms with Crippen molar-refractivity contribution >= 4 is 11.9 Å². The molecule has 17 heavy (non-hydrogen) atoms. The summed E-state index contributed by atoms with van der Waals surface area (Å²) in [4.78, 5) is 25.1. The molecule has 1 fully saturated rings. The molecule has 1 rings (SSSR count). The second kappa shape index (κ2) is 6.62. The molecule has 0 atom stereocenters. The molecule has 0 saturated heterocycles. The van der Waals surface area contributed by atoms with Crippen molar-refractivity contribution in [1.29, 1.82) is 0 Å². The van der Waals surface area contributed by atoms with E-state index in [-0.39, 0.29) is 11.9 Å². The molecule has 1 amide bonds. The molecule has 0 spiro atoms. The van der Waals surface area contributed by atoms with Gasteiger partial charge >= 0.3 is 5.97 Å². The summed E-state index contributed by atoms with van der Waals surface area (Å²) in [5, 5.41) is 0. The lowest BCUT2D eigenvalue weighted by atomic mass is 10.1. The summed E-state index contributed by atoms with van der Waals surface area (Å²) in [6.07, 6.45) is 3.03. The highest BCUT2D eigenvalue weighted by atomic mass is 16.5. The van der Waals surface area contributed by atoms with Crippen molar-refractivity contribution in [2.75, 3.05) is 13.2 Å². The van der Waals surface area contributed by atoms with Crippen LogP contribution < -0.4 is 0 Å². The molecule has 1 saturated carbocycles. The van der Waals surface area contributed by atoms with Crippen LogP contribution in [0.1, 0.15) is 46.5 Å². The lowest BCUT2D eigenvalue weighted by molar-refractivity contribution is -0.144. The Morgan fingerprint density at radius 2 is 2.00 bits per heavy atom. The van der Waals surface area contributed by atoms with Gasteiger partial charge in [-0.1, -0.05) is 13.8 Å². The maximum atomic E-state index is 12.0. The summed E-state index contributed by atoms with van der Waals surface area (Å²) >= 11 is 0. The maximum Gasteiger partial charge on any atom is 0.307 e. The molecule has 0 bridgehead atoms. The summed E-state index contributed by atoms with van der Waals surface area (Å²) in [6.45, 7) is 6.78. The minimum absolute atomic E-state index is 0.173. The predicted molar refractivity (Wildman–Crippen MR) is 65.4 cm³/mol. The van der Waals surface area contributed by atoms with Gasteiger partial charge in [0.2, 0.25) is 5.91 Å². The van der Waals surface area contributed by atoms with Gasteiger partial charge in [0.05, 0.1) is 13.0 Å². The van der Waals surface area contributed by atoms with Crippen LogP contribution in [0.25, 0.3) is 0 Å². The van der Waals surface area contributed by atoms with E-state index >= 15 is 0 Å².